The van der Waals surface area contributed by atoms with Crippen LogP contribution in [0, 0.1) is 5.92 Å². The Labute approximate surface area is 129 Å². The van der Waals surface area contributed by atoms with E-state index in [0.29, 0.717) is 23.0 Å². The summed E-state index contributed by atoms with van der Waals surface area (Å²) in [6.07, 6.45) is 4.53. The fourth-order valence-electron chi connectivity index (χ4n) is 2.65. The van der Waals surface area contributed by atoms with Crippen molar-refractivity contribution in [1.82, 2.24) is 5.32 Å². The number of nitrogens with one attached hydrogen (secondary N) is 1. The number of carbonyl (C=O) groups excluding carboxylic acids is 1. The molecule has 20 heavy (non-hydrogen) atoms. The van der Waals surface area contributed by atoms with E-state index in [1.54, 1.807) is 6.07 Å². The third-order valence-corrected chi connectivity index (χ3v) is 4.38. The molecule has 3 N–H and O–H groups in total. The Morgan fingerprint density at radius 3 is 2.85 bits per heavy atom. The summed E-state index contributed by atoms with van der Waals surface area (Å²) in [6.45, 7) is 0.589. The minimum atomic E-state index is 0.0689. The van der Waals surface area contributed by atoms with E-state index in [9.17, 15) is 4.79 Å². The Balaban J connectivity index is 1.79. The molecule has 0 bridgehead atoms. The van der Waals surface area contributed by atoms with Crippen molar-refractivity contribution in [2.75, 3.05) is 6.54 Å². The van der Waals surface area contributed by atoms with Gasteiger partial charge in [-0.25, -0.2) is 0 Å². The Morgan fingerprint density at radius 2 is 2.15 bits per heavy atom. The number of hydrogen-bond donors (Lipinski definition) is 2. The molecule has 0 saturated heterocycles. The highest BCUT2D eigenvalue weighted by molar-refractivity contribution is 6.35. The molecule has 1 aliphatic rings. The number of rotatable bonds is 4. The lowest BCUT2D eigenvalue weighted by molar-refractivity contribution is -0.126. The maximum absolute atomic E-state index is 12.1. The van der Waals surface area contributed by atoms with Crippen molar-refractivity contribution in [3.63, 3.8) is 0 Å². The monoisotopic (exact) mass is 314 g/mol. The second-order valence-electron chi connectivity index (χ2n) is 5.40. The molecule has 0 aromatic heterocycles. The zero-order chi connectivity index (χ0) is 14.5. The van der Waals surface area contributed by atoms with Gasteiger partial charge in [-0.05, 0) is 43.4 Å². The van der Waals surface area contributed by atoms with Crippen LogP contribution in [0.25, 0.3) is 0 Å². The summed E-state index contributed by atoms with van der Waals surface area (Å²) >= 11 is 11.9. The molecule has 1 saturated carbocycles. The molecule has 5 heteroatoms. The highest BCUT2D eigenvalue weighted by Crippen LogP contribution is 2.23. The largest absolute Gasteiger partial charge is 0.356 e. The first-order valence-electron chi connectivity index (χ1n) is 7.03. The lowest BCUT2D eigenvalue weighted by Crippen LogP contribution is -2.38. The Hall–Kier alpha value is -0.770. The molecule has 1 amide bonds. The van der Waals surface area contributed by atoms with Crippen LogP contribution in [0.5, 0.6) is 0 Å². The highest BCUT2D eigenvalue weighted by atomic mass is 35.5. The lowest BCUT2D eigenvalue weighted by atomic mass is 9.85. The molecule has 0 aliphatic heterocycles. The van der Waals surface area contributed by atoms with Gasteiger partial charge in [0.25, 0.3) is 0 Å². The molecule has 3 nitrogen and oxygen atoms in total. The fourth-order valence-corrected chi connectivity index (χ4v) is 3.16. The standard InChI is InChI=1S/C15H20Cl2N2O/c16-12-5-4-10(14(17)9-12)6-7-19-15(20)11-2-1-3-13(18)8-11/h4-5,9,11,13H,1-3,6-8,18H2,(H,19,20). The number of benzene rings is 1. The Kier molecular flexibility index (Phi) is 5.70. The van der Waals surface area contributed by atoms with Gasteiger partial charge in [0.05, 0.1) is 0 Å². The van der Waals surface area contributed by atoms with Gasteiger partial charge in [0, 0.05) is 28.5 Å². The predicted octanol–water partition coefficient (Wildman–Crippen LogP) is 3.17. The summed E-state index contributed by atoms with van der Waals surface area (Å²) in [5.74, 6) is 0.185. The van der Waals surface area contributed by atoms with Crippen molar-refractivity contribution in [1.29, 1.82) is 0 Å². The van der Waals surface area contributed by atoms with Crippen LogP contribution in [0.4, 0.5) is 0 Å². The molecule has 2 rings (SSSR count). The average Bonchev–Trinajstić information content (AvgIpc) is 2.41. The van der Waals surface area contributed by atoms with E-state index in [0.717, 1.165) is 31.2 Å². The van der Waals surface area contributed by atoms with Crippen molar-refractivity contribution in [3.05, 3.63) is 33.8 Å². The third kappa shape index (κ3) is 4.37. The molecular formula is C15H20Cl2N2O. The van der Waals surface area contributed by atoms with E-state index >= 15 is 0 Å². The number of hydrogen-bond acceptors (Lipinski definition) is 2. The third-order valence-electron chi connectivity index (χ3n) is 3.79. The van der Waals surface area contributed by atoms with Crippen molar-refractivity contribution >= 4 is 29.1 Å². The molecule has 0 spiro atoms. The molecule has 1 aromatic carbocycles. The van der Waals surface area contributed by atoms with Crippen LogP contribution in [0.15, 0.2) is 18.2 Å². The van der Waals surface area contributed by atoms with Crippen LogP contribution < -0.4 is 11.1 Å². The molecule has 1 aromatic rings. The number of carbonyl (C=O) groups is 1. The molecule has 1 fully saturated rings. The number of nitrogens with two attached hydrogens (primary N) is 1. The zero-order valence-electron chi connectivity index (χ0n) is 11.4. The molecular weight excluding hydrogens is 295 g/mol. The summed E-state index contributed by atoms with van der Waals surface area (Å²) in [4.78, 5) is 12.1. The first kappa shape index (κ1) is 15.6. The summed E-state index contributed by atoms with van der Waals surface area (Å²) < 4.78 is 0. The number of halogens is 2. The second-order valence-corrected chi connectivity index (χ2v) is 6.24. The van der Waals surface area contributed by atoms with E-state index in [1.807, 2.05) is 12.1 Å². The van der Waals surface area contributed by atoms with E-state index in [-0.39, 0.29) is 17.9 Å². The molecule has 2 unspecified atom stereocenters. The zero-order valence-corrected chi connectivity index (χ0v) is 12.9. The van der Waals surface area contributed by atoms with Gasteiger partial charge in [-0.15, -0.1) is 0 Å². The SMILES string of the molecule is NC1CCCC(C(=O)NCCc2ccc(Cl)cc2Cl)C1. The van der Waals surface area contributed by atoms with Gasteiger partial charge >= 0.3 is 0 Å². The van der Waals surface area contributed by atoms with Crippen LogP contribution in [-0.4, -0.2) is 18.5 Å². The Bertz CT molecular complexity index is 479. The maximum atomic E-state index is 12.1. The van der Waals surface area contributed by atoms with Crippen LogP contribution in [0.2, 0.25) is 10.0 Å². The quantitative estimate of drug-likeness (QED) is 0.896. The van der Waals surface area contributed by atoms with Gasteiger partial charge in [-0.3, -0.25) is 4.79 Å². The van der Waals surface area contributed by atoms with Crippen molar-refractivity contribution in [2.45, 2.75) is 38.1 Å². The van der Waals surface area contributed by atoms with E-state index in [2.05, 4.69) is 5.32 Å². The van der Waals surface area contributed by atoms with E-state index in [4.69, 9.17) is 28.9 Å². The topological polar surface area (TPSA) is 55.1 Å². The van der Waals surface area contributed by atoms with Crippen LogP contribution >= 0.6 is 23.2 Å². The highest BCUT2D eigenvalue weighted by Gasteiger charge is 2.24. The maximum Gasteiger partial charge on any atom is 0.223 e. The minimum Gasteiger partial charge on any atom is -0.356 e. The molecule has 1 aliphatic carbocycles. The van der Waals surface area contributed by atoms with Gasteiger partial charge in [0.1, 0.15) is 0 Å². The van der Waals surface area contributed by atoms with Crippen LogP contribution in [-0.2, 0) is 11.2 Å². The van der Waals surface area contributed by atoms with Gasteiger partial charge in [0.15, 0.2) is 0 Å². The van der Waals surface area contributed by atoms with Crippen molar-refractivity contribution in [2.24, 2.45) is 11.7 Å². The smallest absolute Gasteiger partial charge is 0.223 e. The molecule has 110 valence electrons. The summed E-state index contributed by atoms with van der Waals surface area (Å²) in [7, 11) is 0. The first-order chi connectivity index (χ1) is 9.56. The normalized spacial score (nSPS) is 22.6. The van der Waals surface area contributed by atoms with Gasteiger partial charge in [-0.2, -0.15) is 0 Å². The van der Waals surface area contributed by atoms with Crippen LogP contribution in [0.3, 0.4) is 0 Å². The van der Waals surface area contributed by atoms with Gasteiger partial charge < -0.3 is 11.1 Å². The van der Waals surface area contributed by atoms with Gasteiger partial charge in [0.2, 0.25) is 5.91 Å². The number of amides is 1. The lowest BCUT2D eigenvalue weighted by Gasteiger charge is -2.25. The average molecular weight is 315 g/mol. The van der Waals surface area contributed by atoms with Gasteiger partial charge in [-0.1, -0.05) is 35.7 Å². The van der Waals surface area contributed by atoms with Crippen LogP contribution in [0.1, 0.15) is 31.2 Å². The first-order valence-corrected chi connectivity index (χ1v) is 7.79. The summed E-state index contributed by atoms with van der Waals surface area (Å²) in [6, 6.07) is 5.60. The minimum absolute atomic E-state index is 0.0689. The summed E-state index contributed by atoms with van der Waals surface area (Å²) in [5, 5.41) is 4.25. The summed E-state index contributed by atoms with van der Waals surface area (Å²) in [5.41, 5.74) is 6.90. The predicted molar refractivity (Wildman–Crippen MR) is 83.1 cm³/mol. The van der Waals surface area contributed by atoms with E-state index in [1.165, 1.54) is 0 Å². The second kappa shape index (κ2) is 7.30. The molecule has 0 heterocycles. The Morgan fingerprint density at radius 1 is 1.35 bits per heavy atom. The van der Waals surface area contributed by atoms with E-state index < -0.39 is 0 Å². The van der Waals surface area contributed by atoms with Crippen molar-refractivity contribution in [3.8, 4) is 0 Å². The van der Waals surface area contributed by atoms with Crippen molar-refractivity contribution < 1.29 is 4.79 Å². The molecule has 0 radical (unpaired) electrons. The molecule has 2 atom stereocenters. The fraction of sp³-hybridized carbons (Fsp3) is 0.533.